The van der Waals surface area contributed by atoms with Crippen LogP contribution in [0.25, 0.3) is 0 Å². The number of amides is 2. The molecule has 1 aromatic carbocycles. The molecule has 6 nitrogen and oxygen atoms in total. The fraction of sp³-hybridized carbons (Fsp3) is 0.312. The molecular formula is C16H16Cl2N4O2. The van der Waals surface area contributed by atoms with Gasteiger partial charge in [-0.2, -0.15) is 5.26 Å². The van der Waals surface area contributed by atoms with Crippen LogP contribution in [0, 0.1) is 11.3 Å². The van der Waals surface area contributed by atoms with E-state index in [9.17, 15) is 14.9 Å². The van der Waals surface area contributed by atoms with Crippen molar-refractivity contribution in [3.05, 3.63) is 40.0 Å². The molecule has 0 radical (unpaired) electrons. The summed E-state index contributed by atoms with van der Waals surface area (Å²) >= 11 is 11.8. The van der Waals surface area contributed by atoms with Crippen LogP contribution in [0.15, 0.2) is 30.0 Å². The Morgan fingerprint density at radius 1 is 1.12 bits per heavy atom. The summed E-state index contributed by atoms with van der Waals surface area (Å²) in [7, 11) is 0. The van der Waals surface area contributed by atoms with Crippen LogP contribution < -0.4 is 5.32 Å². The summed E-state index contributed by atoms with van der Waals surface area (Å²) in [5.41, 5.74) is 0.553. The van der Waals surface area contributed by atoms with Gasteiger partial charge >= 0.3 is 0 Å². The molecule has 0 bridgehead atoms. The van der Waals surface area contributed by atoms with Gasteiger partial charge in [0, 0.05) is 55.0 Å². The van der Waals surface area contributed by atoms with E-state index in [1.807, 2.05) is 6.07 Å². The van der Waals surface area contributed by atoms with Gasteiger partial charge < -0.3 is 15.1 Å². The van der Waals surface area contributed by atoms with E-state index in [1.165, 1.54) is 13.1 Å². The van der Waals surface area contributed by atoms with E-state index in [-0.39, 0.29) is 17.4 Å². The number of carbonyl (C=O) groups is 2. The third-order valence-corrected chi connectivity index (χ3v) is 4.05. The normalized spacial score (nSPS) is 15.0. The highest BCUT2D eigenvalue weighted by atomic mass is 35.5. The zero-order chi connectivity index (χ0) is 17.7. The van der Waals surface area contributed by atoms with Crippen LogP contribution in [0.5, 0.6) is 0 Å². The van der Waals surface area contributed by atoms with Gasteiger partial charge in [-0.3, -0.25) is 9.59 Å². The zero-order valence-electron chi connectivity index (χ0n) is 13.1. The molecule has 1 saturated heterocycles. The van der Waals surface area contributed by atoms with Gasteiger partial charge in [-0.1, -0.05) is 23.2 Å². The average Bonchev–Trinajstić information content (AvgIpc) is 2.54. The lowest BCUT2D eigenvalue weighted by atomic mass is 10.2. The van der Waals surface area contributed by atoms with Gasteiger partial charge in [0.25, 0.3) is 5.91 Å². The van der Waals surface area contributed by atoms with Gasteiger partial charge in [-0.15, -0.1) is 0 Å². The Kier molecular flexibility index (Phi) is 6.07. The van der Waals surface area contributed by atoms with Crippen molar-refractivity contribution >= 4 is 40.7 Å². The van der Waals surface area contributed by atoms with Gasteiger partial charge in [0.2, 0.25) is 5.91 Å². The predicted molar refractivity (Wildman–Crippen MR) is 92.6 cm³/mol. The maximum absolute atomic E-state index is 12.4. The first-order chi connectivity index (χ1) is 11.4. The molecule has 1 N–H and O–H groups in total. The molecule has 1 fully saturated rings. The van der Waals surface area contributed by atoms with Gasteiger partial charge in [-0.25, -0.2) is 0 Å². The number of nitrogens with zero attached hydrogens (tertiary/aromatic N) is 3. The highest BCUT2D eigenvalue weighted by Crippen LogP contribution is 2.22. The molecule has 8 heteroatoms. The van der Waals surface area contributed by atoms with Crippen molar-refractivity contribution in [3.63, 3.8) is 0 Å². The molecule has 0 spiro atoms. The summed E-state index contributed by atoms with van der Waals surface area (Å²) in [6.45, 7) is 3.24. The first-order valence-corrected chi connectivity index (χ1v) is 8.04. The Hall–Kier alpha value is -2.23. The van der Waals surface area contributed by atoms with E-state index in [0.29, 0.717) is 41.9 Å². The molecule has 0 aromatic heterocycles. The van der Waals surface area contributed by atoms with Gasteiger partial charge in [0.15, 0.2) is 0 Å². The highest BCUT2D eigenvalue weighted by Gasteiger charge is 2.24. The molecule has 1 aliphatic heterocycles. The molecule has 0 aliphatic carbocycles. The van der Waals surface area contributed by atoms with Crippen molar-refractivity contribution in [1.29, 1.82) is 5.26 Å². The van der Waals surface area contributed by atoms with Crippen LogP contribution in [0.4, 0.5) is 5.69 Å². The Labute approximate surface area is 150 Å². The third-order valence-electron chi connectivity index (χ3n) is 3.61. The standard InChI is InChI=1S/C16H16Cl2N4O2/c1-11(23)21-2-4-22(5-3-21)16(24)12(9-19)10-20-15-7-13(17)6-14(18)8-15/h6-8,10,20H,2-5H2,1H3/b12-10-. The topological polar surface area (TPSA) is 76.4 Å². The predicted octanol–water partition coefficient (Wildman–Crippen LogP) is 2.50. The summed E-state index contributed by atoms with van der Waals surface area (Å²) in [6, 6.07) is 6.75. The van der Waals surface area contributed by atoms with Crippen molar-refractivity contribution in [2.24, 2.45) is 0 Å². The first kappa shape index (κ1) is 18.1. The van der Waals surface area contributed by atoms with E-state index in [1.54, 1.807) is 28.0 Å². The number of piperazine rings is 1. The smallest absolute Gasteiger partial charge is 0.266 e. The second kappa shape index (κ2) is 8.04. The van der Waals surface area contributed by atoms with Crippen molar-refractivity contribution < 1.29 is 9.59 Å². The Bertz CT molecular complexity index is 699. The number of nitriles is 1. The maximum Gasteiger partial charge on any atom is 0.266 e. The highest BCUT2D eigenvalue weighted by molar-refractivity contribution is 6.35. The number of carbonyl (C=O) groups excluding carboxylic acids is 2. The second-order valence-corrected chi connectivity index (χ2v) is 6.14. The third kappa shape index (κ3) is 4.63. The van der Waals surface area contributed by atoms with Crippen LogP contribution in [0.3, 0.4) is 0 Å². The van der Waals surface area contributed by atoms with Crippen LogP contribution in [0.1, 0.15) is 6.92 Å². The number of benzene rings is 1. The van der Waals surface area contributed by atoms with Crippen molar-refractivity contribution in [2.75, 3.05) is 31.5 Å². The van der Waals surface area contributed by atoms with E-state index in [0.717, 1.165) is 0 Å². The fourth-order valence-corrected chi connectivity index (χ4v) is 2.86. The molecule has 0 saturated carbocycles. The number of rotatable bonds is 3. The zero-order valence-corrected chi connectivity index (χ0v) is 14.6. The van der Waals surface area contributed by atoms with Crippen LogP contribution in [-0.4, -0.2) is 47.8 Å². The molecule has 24 heavy (non-hydrogen) atoms. The van der Waals surface area contributed by atoms with E-state index >= 15 is 0 Å². The van der Waals surface area contributed by atoms with E-state index in [2.05, 4.69) is 5.32 Å². The Morgan fingerprint density at radius 3 is 2.17 bits per heavy atom. The molecule has 1 aliphatic rings. The van der Waals surface area contributed by atoms with Crippen molar-refractivity contribution in [2.45, 2.75) is 6.92 Å². The number of hydrogen-bond donors (Lipinski definition) is 1. The molecule has 2 rings (SSSR count). The number of hydrogen-bond acceptors (Lipinski definition) is 4. The number of halogens is 2. The second-order valence-electron chi connectivity index (χ2n) is 5.27. The average molecular weight is 367 g/mol. The Morgan fingerprint density at radius 2 is 1.67 bits per heavy atom. The van der Waals surface area contributed by atoms with Crippen LogP contribution in [-0.2, 0) is 9.59 Å². The summed E-state index contributed by atoms with van der Waals surface area (Å²) in [5.74, 6) is -0.390. The van der Waals surface area contributed by atoms with Crippen LogP contribution >= 0.6 is 23.2 Å². The van der Waals surface area contributed by atoms with Gasteiger partial charge in [0.05, 0.1) is 0 Å². The van der Waals surface area contributed by atoms with Crippen LogP contribution in [0.2, 0.25) is 10.0 Å². The SMILES string of the molecule is CC(=O)N1CCN(C(=O)/C(C#N)=C\Nc2cc(Cl)cc(Cl)c2)CC1. The lowest BCUT2D eigenvalue weighted by Gasteiger charge is -2.34. The summed E-state index contributed by atoms with van der Waals surface area (Å²) in [5, 5.41) is 13.0. The minimum Gasteiger partial charge on any atom is -0.360 e. The largest absolute Gasteiger partial charge is 0.360 e. The summed E-state index contributed by atoms with van der Waals surface area (Å²) in [6.07, 6.45) is 1.33. The van der Waals surface area contributed by atoms with Gasteiger partial charge in [-0.05, 0) is 18.2 Å². The molecule has 0 atom stereocenters. The molecule has 126 valence electrons. The molecule has 0 unspecified atom stereocenters. The lowest BCUT2D eigenvalue weighted by Crippen LogP contribution is -2.50. The maximum atomic E-state index is 12.4. The molecule has 1 heterocycles. The quantitative estimate of drug-likeness (QED) is 0.658. The monoisotopic (exact) mass is 366 g/mol. The van der Waals surface area contributed by atoms with E-state index < -0.39 is 0 Å². The summed E-state index contributed by atoms with van der Waals surface area (Å²) in [4.78, 5) is 26.9. The molecule has 1 aromatic rings. The van der Waals surface area contributed by atoms with E-state index in [4.69, 9.17) is 23.2 Å². The molecule has 2 amide bonds. The van der Waals surface area contributed by atoms with Gasteiger partial charge in [0.1, 0.15) is 11.6 Å². The van der Waals surface area contributed by atoms with Crippen molar-refractivity contribution in [3.8, 4) is 6.07 Å². The lowest BCUT2D eigenvalue weighted by molar-refractivity contribution is -0.136. The minimum atomic E-state index is -0.374. The first-order valence-electron chi connectivity index (χ1n) is 7.28. The minimum absolute atomic E-state index is 0.0161. The molecular weight excluding hydrogens is 351 g/mol. The fourth-order valence-electron chi connectivity index (χ4n) is 2.33. The summed E-state index contributed by atoms with van der Waals surface area (Å²) < 4.78 is 0. The van der Waals surface area contributed by atoms with Crippen molar-refractivity contribution in [1.82, 2.24) is 9.80 Å². The number of nitrogens with one attached hydrogen (secondary N) is 1. The number of anilines is 1. The Balaban J connectivity index is 2.04.